The Morgan fingerprint density at radius 1 is 1.21 bits per heavy atom. The molecule has 1 aliphatic heterocycles. The minimum absolute atomic E-state index is 0.0333. The average molecular weight is 269 g/mol. The number of rotatable bonds is 6. The normalized spacial score (nSPS) is 14.8. The van der Waals surface area contributed by atoms with Crippen LogP contribution in [-0.2, 0) is 6.42 Å². The van der Waals surface area contributed by atoms with Gasteiger partial charge < -0.3 is 15.5 Å². The van der Waals surface area contributed by atoms with E-state index in [2.05, 4.69) is 10.6 Å². The number of carbonyl (C=O) groups excluding carboxylic acids is 1. The lowest BCUT2D eigenvalue weighted by Gasteiger charge is -2.14. The van der Waals surface area contributed by atoms with Gasteiger partial charge >= 0.3 is 6.03 Å². The molecule has 2 N–H and O–H groups in total. The lowest BCUT2D eigenvalue weighted by atomic mass is 10.1. The monoisotopic (exact) mass is 269 g/mol. The second-order valence-corrected chi connectivity index (χ2v) is 4.50. The van der Waals surface area contributed by atoms with Crippen molar-refractivity contribution in [1.82, 2.24) is 15.5 Å². The summed E-state index contributed by atoms with van der Waals surface area (Å²) < 4.78 is 25.9. The van der Waals surface area contributed by atoms with Crippen molar-refractivity contribution >= 4 is 6.03 Å². The van der Waals surface area contributed by atoms with Crippen molar-refractivity contribution in [3.63, 3.8) is 0 Å². The summed E-state index contributed by atoms with van der Waals surface area (Å²) in [5.74, 6) is -1.10. The second-order valence-electron chi connectivity index (χ2n) is 4.50. The standard InChI is InChI=1S/C13H17F2N3O/c14-11-7-10(8-12(15)9-11)1-2-16-3-5-18-6-4-17-13(18)19/h7-9,16H,1-6H2,(H,17,19). The van der Waals surface area contributed by atoms with Crippen LogP contribution in [0.5, 0.6) is 0 Å². The lowest BCUT2D eigenvalue weighted by molar-refractivity contribution is 0.217. The highest BCUT2D eigenvalue weighted by atomic mass is 19.1. The zero-order chi connectivity index (χ0) is 13.7. The van der Waals surface area contributed by atoms with E-state index in [1.54, 1.807) is 4.90 Å². The number of halogens is 2. The number of nitrogens with one attached hydrogen (secondary N) is 2. The van der Waals surface area contributed by atoms with Gasteiger partial charge in [0.05, 0.1) is 0 Å². The van der Waals surface area contributed by atoms with Gasteiger partial charge in [-0.15, -0.1) is 0 Å². The van der Waals surface area contributed by atoms with Crippen LogP contribution in [0.15, 0.2) is 18.2 Å². The first-order valence-corrected chi connectivity index (χ1v) is 6.33. The summed E-state index contributed by atoms with van der Waals surface area (Å²) in [5, 5.41) is 5.88. The molecule has 0 radical (unpaired) electrons. The Kier molecular flexibility index (Phi) is 4.68. The number of hydrogen-bond acceptors (Lipinski definition) is 2. The van der Waals surface area contributed by atoms with Gasteiger partial charge in [0.15, 0.2) is 0 Å². The highest BCUT2D eigenvalue weighted by Crippen LogP contribution is 2.08. The summed E-state index contributed by atoms with van der Waals surface area (Å²) in [6.07, 6.45) is 0.556. The molecule has 2 rings (SSSR count). The Morgan fingerprint density at radius 2 is 1.95 bits per heavy atom. The summed E-state index contributed by atoms with van der Waals surface area (Å²) in [4.78, 5) is 13.0. The second kappa shape index (κ2) is 6.47. The molecule has 2 amide bonds. The molecular weight excluding hydrogens is 252 g/mol. The predicted molar refractivity (Wildman–Crippen MR) is 67.9 cm³/mol. The molecule has 0 aromatic heterocycles. The largest absolute Gasteiger partial charge is 0.336 e. The molecule has 19 heavy (non-hydrogen) atoms. The van der Waals surface area contributed by atoms with Crippen molar-refractivity contribution in [3.05, 3.63) is 35.4 Å². The van der Waals surface area contributed by atoms with E-state index >= 15 is 0 Å². The SMILES string of the molecule is O=C1NCCN1CCNCCc1cc(F)cc(F)c1. The summed E-state index contributed by atoms with van der Waals surface area (Å²) in [6.45, 7) is 3.37. The van der Waals surface area contributed by atoms with Gasteiger partial charge in [-0.25, -0.2) is 13.6 Å². The Balaban J connectivity index is 1.65. The maximum Gasteiger partial charge on any atom is 0.317 e. The van der Waals surface area contributed by atoms with E-state index in [1.165, 1.54) is 12.1 Å². The third-order valence-corrected chi connectivity index (χ3v) is 3.02. The number of benzene rings is 1. The van der Waals surface area contributed by atoms with E-state index in [-0.39, 0.29) is 6.03 Å². The molecule has 1 aliphatic rings. The van der Waals surface area contributed by atoms with Crippen LogP contribution in [0.4, 0.5) is 13.6 Å². The number of amides is 2. The van der Waals surface area contributed by atoms with Crippen molar-refractivity contribution in [2.45, 2.75) is 6.42 Å². The molecule has 0 saturated carbocycles. The van der Waals surface area contributed by atoms with Gasteiger partial charge in [-0.3, -0.25) is 0 Å². The first-order chi connectivity index (χ1) is 9.15. The highest BCUT2D eigenvalue weighted by molar-refractivity contribution is 5.76. The fourth-order valence-electron chi connectivity index (χ4n) is 2.05. The number of nitrogens with zero attached hydrogens (tertiary/aromatic N) is 1. The minimum atomic E-state index is -0.552. The molecule has 1 aromatic carbocycles. The molecule has 0 aliphatic carbocycles. The predicted octanol–water partition coefficient (Wildman–Crippen LogP) is 1.12. The van der Waals surface area contributed by atoms with Gasteiger partial charge in [-0.1, -0.05) is 0 Å². The van der Waals surface area contributed by atoms with Crippen LogP contribution >= 0.6 is 0 Å². The molecule has 6 heteroatoms. The molecule has 0 atom stereocenters. The topological polar surface area (TPSA) is 44.4 Å². The number of hydrogen-bond donors (Lipinski definition) is 2. The van der Waals surface area contributed by atoms with Crippen LogP contribution in [0.2, 0.25) is 0 Å². The first kappa shape index (κ1) is 13.7. The Morgan fingerprint density at radius 3 is 2.58 bits per heavy atom. The zero-order valence-electron chi connectivity index (χ0n) is 10.6. The van der Waals surface area contributed by atoms with Crippen LogP contribution in [-0.4, -0.2) is 43.7 Å². The van der Waals surface area contributed by atoms with Crippen molar-refractivity contribution in [2.75, 3.05) is 32.7 Å². The van der Waals surface area contributed by atoms with Crippen molar-refractivity contribution in [3.8, 4) is 0 Å². The number of urea groups is 1. The molecule has 1 aromatic rings. The van der Waals surface area contributed by atoms with Crippen LogP contribution < -0.4 is 10.6 Å². The van der Waals surface area contributed by atoms with E-state index in [4.69, 9.17) is 0 Å². The quantitative estimate of drug-likeness (QED) is 0.760. The van der Waals surface area contributed by atoms with Crippen LogP contribution in [0.1, 0.15) is 5.56 Å². The minimum Gasteiger partial charge on any atom is -0.336 e. The molecule has 1 heterocycles. The molecule has 1 saturated heterocycles. The fourth-order valence-corrected chi connectivity index (χ4v) is 2.05. The highest BCUT2D eigenvalue weighted by Gasteiger charge is 2.17. The maximum absolute atomic E-state index is 12.9. The number of carbonyl (C=O) groups is 1. The summed E-state index contributed by atoms with van der Waals surface area (Å²) in [6, 6.07) is 3.49. The van der Waals surface area contributed by atoms with Crippen molar-refractivity contribution in [1.29, 1.82) is 0 Å². The van der Waals surface area contributed by atoms with E-state index < -0.39 is 11.6 Å². The fraction of sp³-hybridized carbons (Fsp3) is 0.462. The van der Waals surface area contributed by atoms with Crippen molar-refractivity contribution in [2.24, 2.45) is 0 Å². The van der Waals surface area contributed by atoms with Gasteiger partial charge in [0.2, 0.25) is 0 Å². The molecule has 0 bridgehead atoms. The smallest absolute Gasteiger partial charge is 0.317 e. The molecule has 0 spiro atoms. The Bertz CT molecular complexity index is 433. The molecular formula is C13H17F2N3O. The van der Waals surface area contributed by atoms with Gasteiger partial charge in [-0.05, 0) is 30.7 Å². The van der Waals surface area contributed by atoms with E-state index in [0.29, 0.717) is 38.2 Å². The molecule has 4 nitrogen and oxygen atoms in total. The Labute approximate surface area is 110 Å². The third-order valence-electron chi connectivity index (χ3n) is 3.02. The summed E-state index contributed by atoms with van der Waals surface area (Å²) in [7, 11) is 0. The van der Waals surface area contributed by atoms with E-state index in [1.807, 2.05) is 0 Å². The van der Waals surface area contributed by atoms with E-state index in [9.17, 15) is 13.6 Å². The van der Waals surface area contributed by atoms with Gasteiger partial charge in [0, 0.05) is 32.2 Å². The first-order valence-electron chi connectivity index (χ1n) is 6.33. The van der Waals surface area contributed by atoms with Gasteiger partial charge in [0.25, 0.3) is 0 Å². The lowest BCUT2D eigenvalue weighted by Crippen LogP contribution is -2.35. The maximum atomic E-state index is 12.9. The van der Waals surface area contributed by atoms with Crippen LogP contribution in [0.3, 0.4) is 0 Å². The molecule has 0 unspecified atom stereocenters. The average Bonchev–Trinajstić information content (AvgIpc) is 2.73. The van der Waals surface area contributed by atoms with E-state index in [0.717, 1.165) is 12.6 Å². The summed E-state index contributed by atoms with van der Waals surface area (Å²) in [5.41, 5.74) is 0.629. The molecule has 104 valence electrons. The summed E-state index contributed by atoms with van der Waals surface area (Å²) >= 11 is 0. The van der Waals surface area contributed by atoms with Crippen molar-refractivity contribution < 1.29 is 13.6 Å². The van der Waals surface area contributed by atoms with Crippen LogP contribution in [0, 0.1) is 11.6 Å². The zero-order valence-corrected chi connectivity index (χ0v) is 10.6. The van der Waals surface area contributed by atoms with Crippen LogP contribution in [0.25, 0.3) is 0 Å². The molecule has 1 fully saturated rings. The third kappa shape index (κ3) is 4.17. The van der Waals surface area contributed by atoms with Gasteiger partial charge in [-0.2, -0.15) is 0 Å². The Hall–Kier alpha value is -1.69. The van der Waals surface area contributed by atoms with Gasteiger partial charge in [0.1, 0.15) is 11.6 Å².